The fraction of sp³-hybridized carbons (Fsp3) is 0.400. The maximum atomic E-state index is 12.0. The van der Waals surface area contributed by atoms with E-state index in [1.165, 1.54) is 11.8 Å². The summed E-state index contributed by atoms with van der Waals surface area (Å²) in [5.74, 6) is 0.773. The molecule has 0 saturated carbocycles. The number of rotatable bonds is 9. The molecule has 0 aliphatic heterocycles. The molecule has 134 valence electrons. The average Bonchev–Trinajstić information content (AvgIpc) is 3.14. The van der Waals surface area contributed by atoms with Crippen molar-refractivity contribution in [2.75, 3.05) is 13.1 Å². The first-order valence-corrected chi connectivity index (χ1v) is 8.71. The van der Waals surface area contributed by atoms with Crippen molar-refractivity contribution in [3.8, 4) is 0 Å². The van der Waals surface area contributed by atoms with Crippen molar-refractivity contribution in [1.29, 1.82) is 0 Å². The highest BCUT2D eigenvalue weighted by molar-refractivity contribution is 5.91. The summed E-state index contributed by atoms with van der Waals surface area (Å²) in [4.78, 5) is 23.7. The summed E-state index contributed by atoms with van der Waals surface area (Å²) >= 11 is 0. The minimum atomic E-state index is -0.255. The first kappa shape index (κ1) is 18.8. The molecule has 2 N–H and O–H groups in total. The van der Waals surface area contributed by atoms with Crippen molar-refractivity contribution in [3.63, 3.8) is 0 Å². The first-order chi connectivity index (χ1) is 12.1. The molecule has 0 saturated heterocycles. The molecule has 2 amide bonds. The van der Waals surface area contributed by atoms with Crippen LogP contribution < -0.4 is 10.6 Å². The van der Waals surface area contributed by atoms with E-state index in [1.54, 1.807) is 12.1 Å². The molecule has 1 atom stereocenters. The van der Waals surface area contributed by atoms with Crippen LogP contribution >= 0.6 is 0 Å². The highest BCUT2D eigenvalue weighted by Gasteiger charge is 2.16. The van der Waals surface area contributed by atoms with Crippen molar-refractivity contribution in [2.24, 2.45) is 5.92 Å². The fourth-order valence-electron chi connectivity index (χ4n) is 2.70. The predicted molar refractivity (Wildman–Crippen MR) is 97.3 cm³/mol. The number of furan rings is 1. The summed E-state index contributed by atoms with van der Waals surface area (Å²) in [5.41, 5.74) is 1.24. The van der Waals surface area contributed by atoms with Crippen LogP contribution in [0.4, 0.5) is 0 Å². The van der Waals surface area contributed by atoms with Gasteiger partial charge in [0.2, 0.25) is 5.91 Å². The fourth-order valence-corrected chi connectivity index (χ4v) is 2.70. The number of amides is 2. The van der Waals surface area contributed by atoms with E-state index >= 15 is 0 Å². The SMILES string of the molecule is CC(C)C(CNC(=O)CCCNC(=O)c1ccco1)c1ccccc1. The molecule has 1 aromatic heterocycles. The largest absolute Gasteiger partial charge is 0.459 e. The molecule has 1 unspecified atom stereocenters. The van der Waals surface area contributed by atoms with Gasteiger partial charge in [0.05, 0.1) is 6.26 Å². The second-order valence-electron chi connectivity index (χ2n) is 6.40. The number of hydrogen-bond acceptors (Lipinski definition) is 3. The van der Waals surface area contributed by atoms with Crippen molar-refractivity contribution in [1.82, 2.24) is 10.6 Å². The van der Waals surface area contributed by atoms with Crippen LogP contribution in [0.1, 0.15) is 48.7 Å². The Labute approximate surface area is 148 Å². The molecule has 5 nitrogen and oxygen atoms in total. The van der Waals surface area contributed by atoms with E-state index in [2.05, 4.69) is 36.6 Å². The van der Waals surface area contributed by atoms with Crippen LogP contribution in [0.2, 0.25) is 0 Å². The van der Waals surface area contributed by atoms with E-state index in [9.17, 15) is 9.59 Å². The molecule has 5 heteroatoms. The van der Waals surface area contributed by atoms with Gasteiger partial charge in [-0.3, -0.25) is 9.59 Å². The maximum absolute atomic E-state index is 12.0. The molecule has 25 heavy (non-hydrogen) atoms. The van der Waals surface area contributed by atoms with Gasteiger partial charge in [0, 0.05) is 25.4 Å². The summed E-state index contributed by atoms with van der Waals surface area (Å²) < 4.78 is 5.01. The van der Waals surface area contributed by atoms with Crippen LogP contribution in [0.5, 0.6) is 0 Å². The van der Waals surface area contributed by atoms with Crippen LogP contribution in [0.25, 0.3) is 0 Å². The van der Waals surface area contributed by atoms with Gasteiger partial charge in [-0.15, -0.1) is 0 Å². The van der Waals surface area contributed by atoms with Gasteiger partial charge < -0.3 is 15.1 Å². The van der Waals surface area contributed by atoms with Gasteiger partial charge in [-0.1, -0.05) is 44.2 Å². The third-order valence-electron chi connectivity index (χ3n) is 4.16. The van der Waals surface area contributed by atoms with Gasteiger partial charge in [0.1, 0.15) is 0 Å². The number of benzene rings is 1. The van der Waals surface area contributed by atoms with Gasteiger partial charge >= 0.3 is 0 Å². The molecule has 2 aromatic rings. The van der Waals surface area contributed by atoms with Crippen LogP contribution in [0.15, 0.2) is 53.1 Å². The standard InChI is InChI=1S/C20H26N2O3/c1-15(2)17(16-8-4-3-5-9-16)14-22-19(23)11-6-12-21-20(24)18-10-7-13-25-18/h3-5,7-10,13,15,17H,6,11-12,14H2,1-2H3,(H,21,24)(H,22,23). The number of nitrogens with one attached hydrogen (secondary N) is 2. The van der Waals surface area contributed by atoms with E-state index in [1.807, 2.05) is 18.2 Å². The zero-order chi connectivity index (χ0) is 18.1. The first-order valence-electron chi connectivity index (χ1n) is 8.71. The van der Waals surface area contributed by atoms with Crippen LogP contribution in [0.3, 0.4) is 0 Å². The van der Waals surface area contributed by atoms with E-state index in [0.29, 0.717) is 37.8 Å². The van der Waals surface area contributed by atoms with E-state index < -0.39 is 0 Å². The van der Waals surface area contributed by atoms with Crippen molar-refractivity contribution in [2.45, 2.75) is 32.6 Å². The van der Waals surface area contributed by atoms with Crippen molar-refractivity contribution < 1.29 is 14.0 Å². The Balaban J connectivity index is 1.68. The molecule has 2 rings (SSSR count). The quantitative estimate of drug-likeness (QED) is 0.687. The van der Waals surface area contributed by atoms with Gasteiger partial charge in [0.15, 0.2) is 5.76 Å². The third kappa shape index (κ3) is 6.10. The molecule has 0 radical (unpaired) electrons. The highest BCUT2D eigenvalue weighted by Crippen LogP contribution is 2.23. The summed E-state index contributed by atoms with van der Waals surface area (Å²) in [7, 11) is 0. The maximum Gasteiger partial charge on any atom is 0.286 e. The average molecular weight is 342 g/mol. The van der Waals surface area contributed by atoms with Crippen LogP contribution in [0, 0.1) is 5.92 Å². The Hall–Kier alpha value is -2.56. The van der Waals surface area contributed by atoms with E-state index in [-0.39, 0.29) is 17.6 Å². The number of carbonyl (C=O) groups excluding carboxylic acids is 2. The minimum Gasteiger partial charge on any atom is -0.459 e. The molecule has 1 heterocycles. The molecule has 0 spiro atoms. The Kier molecular flexibility index (Phi) is 7.26. The van der Waals surface area contributed by atoms with Gasteiger partial charge in [-0.25, -0.2) is 0 Å². The second-order valence-corrected chi connectivity index (χ2v) is 6.40. The van der Waals surface area contributed by atoms with Crippen LogP contribution in [-0.4, -0.2) is 24.9 Å². The second kappa shape index (κ2) is 9.67. The van der Waals surface area contributed by atoms with Crippen LogP contribution in [-0.2, 0) is 4.79 Å². The summed E-state index contributed by atoms with van der Waals surface area (Å²) in [6, 6.07) is 13.5. The molecule has 0 aliphatic rings. The molecular formula is C20H26N2O3. The lowest BCUT2D eigenvalue weighted by Crippen LogP contribution is -2.31. The Bertz CT molecular complexity index is 651. The molecular weight excluding hydrogens is 316 g/mol. The Morgan fingerprint density at radius 3 is 2.44 bits per heavy atom. The lowest BCUT2D eigenvalue weighted by atomic mass is 9.88. The van der Waals surface area contributed by atoms with Crippen molar-refractivity contribution >= 4 is 11.8 Å². The third-order valence-corrected chi connectivity index (χ3v) is 4.16. The molecule has 0 fully saturated rings. The van der Waals surface area contributed by atoms with E-state index in [4.69, 9.17) is 4.42 Å². The Morgan fingerprint density at radius 1 is 1.04 bits per heavy atom. The smallest absolute Gasteiger partial charge is 0.286 e. The zero-order valence-electron chi connectivity index (χ0n) is 14.8. The summed E-state index contributed by atoms with van der Waals surface area (Å²) in [6.07, 6.45) is 2.44. The van der Waals surface area contributed by atoms with Gasteiger partial charge in [0.25, 0.3) is 5.91 Å². The van der Waals surface area contributed by atoms with Gasteiger partial charge in [-0.2, -0.15) is 0 Å². The number of carbonyl (C=O) groups is 2. The zero-order valence-corrected chi connectivity index (χ0v) is 14.8. The minimum absolute atomic E-state index is 0.00817. The topological polar surface area (TPSA) is 71.3 Å². The predicted octanol–water partition coefficient (Wildman–Crippen LogP) is 3.35. The number of hydrogen-bond donors (Lipinski definition) is 2. The van der Waals surface area contributed by atoms with E-state index in [0.717, 1.165) is 0 Å². The molecule has 0 bridgehead atoms. The highest BCUT2D eigenvalue weighted by atomic mass is 16.3. The monoisotopic (exact) mass is 342 g/mol. The molecule has 1 aromatic carbocycles. The Morgan fingerprint density at radius 2 is 1.80 bits per heavy atom. The summed E-state index contributed by atoms with van der Waals surface area (Å²) in [6.45, 7) is 5.39. The molecule has 0 aliphatic carbocycles. The van der Waals surface area contributed by atoms with Gasteiger partial charge in [-0.05, 0) is 30.0 Å². The lowest BCUT2D eigenvalue weighted by Gasteiger charge is -2.22. The normalized spacial score (nSPS) is 12.0. The lowest BCUT2D eigenvalue weighted by molar-refractivity contribution is -0.121. The summed E-state index contributed by atoms with van der Waals surface area (Å²) in [5, 5.41) is 5.74. The van der Waals surface area contributed by atoms with Crippen molar-refractivity contribution in [3.05, 3.63) is 60.1 Å².